The molecule has 4 heterocycles. The lowest BCUT2D eigenvalue weighted by atomic mass is 10.2. The third-order valence-corrected chi connectivity index (χ3v) is 6.50. The normalized spacial score (nSPS) is 16.0. The van der Waals surface area contributed by atoms with Crippen LogP contribution in [0.5, 0.6) is 0 Å². The smallest absolute Gasteiger partial charge is 0.258 e. The van der Waals surface area contributed by atoms with Crippen molar-refractivity contribution in [3.8, 4) is 0 Å². The van der Waals surface area contributed by atoms with Crippen LogP contribution in [0.3, 0.4) is 0 Å². The molecule has 0 bridgehead atoms. The van der Waals surface area contributed by atoms with Crippen LogP contribution in [0.1, 0.15) is 16.4 Å². The minimum atomic E-state index is -0.00225. The van der Waals surface area contributed by atoms with E-state index >= 15 is 0 Å². The molecule has 29 heavy (non-hydrogen) atoms. The van der Waals surface area contributed by atoms with Crippen molar-refractivity contribution in [3.63, 3.8) is 0 Å². The van der Waals surface area contributed by atoms with Gasteiger partial charge in [0.2, 0.25) is 0 Å². The van der Waals surface area contributed by atoms with Gasteiger partial charge in [0.1, 0.15) is 10.7 Å². The third kappa shape index (κ3) is 3.81. The molecule has 0 aliphatic carbocycles. The standard InChI is InChI=1S/C22H23N5OS/c1-16-5-4-8-20-23-17(13-22(28)27(16)20)14-25-9-11-26(12-10-25)15-21-24-18-6-2-3-7-19(18)29-21/h2-8,13H,9-12,14-15H2,1H3. The topological polar surface area (TPSA) is 53.7 Å². The van der Waals surface area contributed by atoms with Gasteiger partial charge < -0.3 is 0 Å². The summed E-state index contributed by atoms with van der Waals surface area (Å²) in [5.41, 5.74) is 3.57. The first kappa shape index (κ1) is 18.4. The van der Waals surface area contributed by atoms with Gasteiger partial charge in [0.25, 0.3) is 5.56 Å². The number of hydrogen-bond acceptors (Lipinski definition) is 6. The van der Waals surface area contributed by atoms with Crippen molar-refractivity contribution in [2.45, 2.75) is 20.0 Å². The molecule has 0 saturated carbocycles. The highest BCUT2D eigenvalue weighted by molar-refractivity contribution is 7.18. The fraction of sp³-hybridized carbons (Fsp3) is 0.318. The molecule has 6 nitrogen and oxygen atoms in total. The van der Waals surface area contributed by atoms with Gasteiger partial charge in [-0.25, -0.2) is 9.97 Å². The lowest BCUT2D eigenvalue weighted by molar-refractivity contribution is 0.121. The molecule has 3 aromatic heterocycles. The van der Waals surface area contributed by atoms with Gasteiger partial charge in [0, 0.05) is 44.5 Å². The number of nitrogens with zero attached hydrogens (tertiary/aromatic N) is 5. The number of aromatic nitrogens is 3. The van der Waals surface area contributed by atoms with Gasteiger partial charge in [-0.15, -0.1) is 11.3 Å². The van der Waals surface area contributed by atoms with E-state index in [1.807, 2.05) is 31.2 Å². The molecular formula is C22H23N5OS. The van der Waals surface area contributed by atoms with Gasteiger partial charge in [-0.1, -0.05) is 18.2 Å². The molecule has 0 radical (unpaired) electrons. The first-order chi connectivity index (χ1) is 14.2. The number of aryl methyl sites for hydroxylation is 1. The largest absolute Gasteiger partial charge is 0.295 e. The van der Waals surface area contributed by atoms with E-state index in [9.17, 15) is 4.79 Å². The highest BCUT2D eigenvalue weighted by Gasteiger charge is 2.19. The molecule has 0 spiro atoms. The number of benzene rings is 1. The van der Waals surface area contributed by atoms with Crippen LogP contribution in [-0.4, -0.2) is 50.3 Å². The quantitative estimate of drug-likeness (QED) is 0.523. The van der Waals surface area contributed by atoms with E-state index < -0.39 is 0 Å². The number of fused-ring (bicyclic) bond motifs is 2. The predicted octanol–water partition coefficient (Wildman–Crippen LogP) is 2.93. The van der Waals surface area contributed by atoms with Gasteiger partial charge >= 0.3 is 0 Å². The molecular weight excluding hydrogens is 382 g/mol. The molecule has 0 amide bonds. The summed E-state index contributed by atoms with van der Waals surface area (Å²) in [5, 5.41) is 1.18. The number of hydrogen-bond donors (Lipinski definition) is 0. The molecule has 5 rings (SSSR count). The predicted molar refractivity (Wildman–Crippen MR) is 116 cm³/mol. The second-order valence-electron chi connectivity index (χ2n) is 7.57. The lowest BCUT2D eigenvalue weighted by Crippen LogP contribution is -2.45. The first-order valence-electron chi connectivity index (χ1n) is 9.93. The SMILES string of the molecule is Cc1cccc2nc(CN3CCN(Cc4nc5ccccc5s4)CC3)cc(=O)n12. The zero-order chi connectivity index (χ0) is 19.8. The molecule has 1 saturated heterocycles. The van der Waals surface area contributed by atoms with Crippen LogP contribution in [0.4, 0.5) is 0 Å². The van der Waals surface area contributed by atoms with Gasteiger partial charge in [0.15, 0.2) is 0 Å². The summed E-state index contributed by atoms with van der Waals surface area (Å²) in [7, 11) is 0. The van der Waals surface area contributed by atoms with Crippen LogP contribution in [0.15, 0.2) is 53.3 Å². The van der Waals surface area contributed by atoms with Crippen molar-refractivity contribution >= 4 is 27.2 Å². The molecule has 7 heteroatoms. The number of pyridine rings is 1. The Bertz CT molecular complexity index is 1190. The van der Waals surface area contributed by atoms with Crippen molar-refractivity contribution in [2.24, 2.45) is 0 Å². The number of piperazine rings is 1. The summed E-state index contributed by atoms with van der Waals surface area (Å²) < 4.78 is 2.92. The van der Waals surface area contributed by atoms with Crippen molar-refractivity contribution in [1.82, 2.24) is 24.2 Å². The van der Waals surface area contributed by atoms with Gasteiger partial charge in [-0.2, -0.15) is 0 Å². The van der Waals surface area contributed by atoms with Crippen LogP contribution in [0.25, 0.3) is 15.9 Å². The Morgan fingerprint density at radius 2 is 1.69 bits per heavy atom. The zero-order valence-electron chi connectivity index (χ0n) is 16.4. The summed E-state index contributed by atoms with van der Waals surface area (Å²) in [4.78, 5) is 26.8. The third-order valence-electron chi connectivity index (χ3n) is 5.48. The van der Waals surface area contributed by atoms with Crippen molar-refractivity contribution in [1.29, 1.82) is 0 Å². The summed E-state index contributed by atoms with van der Waals surface area (Å²) >= 11 is 1.78. The monoisotopic (exact) mass is 405 g/mol. The van der Waals surface area contributed by atoms with Crippen molar-refractivity contribution in [3.05, 3.63) is 75.3 Å². The minimum absolute atomic E-state index is 0.00225. The second-order valence-corrected chi connectivity index (χ2v) is 8.69. The van der Waals surface area contributed by atoms with E-state index in [1.54, 1.807) is 21.8 Å². The summed E-state index contributed by atoms with van der Waals surface area (Å²) in [5.74, 6) is 0. The van der Waals surface area contributed by atoms with Crippen LogP contribution in [-0.2, 0) is 13.1 Å². The van der Waals surface area contributed by atoms with Gasteiger partial charge in [-0.05, 0) is 31.2 Å². The molecule has 0 N–H and O–H groups in total. The second kappa shape index (κ2) is 7.67. The van der Waals surface area contributed by atoms with Crippen LogP contribution < -0.4 is 5.56 Å². The summed E-state index contributed by atoms with van der Waals surface area (Å²) in [6, 6.07) is 15.8. The van der Waals surface area contributed by atoms with E-state index in [-0.39, 0.29) is 5.56 Å². The molecule has 0 atom stereocenters. The van der Waals surface area contributed by atoms with E-state index in [0.29, 0.717) is 6.54 Å². The molecule has 0 unspecified atom stereocenters. The van der Waals surface area contributed by atoms with Gasteiger partial charge in [-0.3, -0.25) is 19.0 Å². The molecule has 1 aliphatic heterocycles. The van der Waals surface area contributed by atoms with Crippen LogP contribution in [0, 0.1) is 6.92 Å². The number of para-hydroxylation sites is 1. The van der Waals surface area contributed by atoms with E-state index in [1.165, 1.54) is 9.71 Å². The maximum absolute atomic E-state index is 12.5. The maximum atomic E-state index is 12.5. The van der Waals surface area contributed by atoms with Gasteiger partial charge in [0.05, 0.1) is 22.5 Å². The number of rotatable bonds is 4. The number of thiazole rings is 1. The van der Waals surface area contributed by atoms with E-state index in [4.69, 9.17) is 9.97 Å². The van der Waals surface area contributed by atoms with Crippen molar-refractivity contribution in [2.75, 3.05) is 26.2 Å². The Balaban J connectivity index is 1.23. The van der Waals surface area contributed by atoms with E-state index in [0.717, 1.165) is 55.3 Å². The Labute approximate surface area is 173 Å². The van der Waals surface area contributed by atoms with E-state index in [2.05, 4.69) is 28.0 Å². The highest BCUT2D eigenvalue weighted by atomic mass is 32.1. The average molecular weight is 406 g/mol. The van der Waals surface area contributed by atoms with Crippen LogP contribution in [0.2, 0.25) is 0 Å². The highest BCUT2D eigenvalue weighted by Crippen LogP contribution is 2.23. The van der Waals surface area contributed by atoms with Crippen molar-refractivity contribution < 1.29 is 0 Å². The fourth-order valence-electron chi connectivity index (χ4n) is 3.96. The Kier molecular flexibility index (Phi) is 4.87. The molecule has 1 aromatic carbocycles. The van der Waals surface area contributed by atoms with Crippen LogP contribution >= 0.6 is 11.3 Å². The Hall–Kier alpha value is -2.61. The fourth-order valence-corrected chi connectivity index (χ4v) is 4.97. The molecule has 148 valence electrons. The zero-order valence-corrected chi connectivity index (χ0v) is 17.2. The first-order valence-corrected chi connectivity index (χ1v) is 10.7. The maximum Gasteiger partial charge on any atom is 0.258 e. The summed E-state index contributed by atoms with van der Waals surface area (Å²) in [6.45, 7) is 7.50. The molecule has 1 aliphatic rings. The molecule has 4 aromatic rings. The summed E-state index contributed by atoms with van der Waals surface area (Å²) in [6.07, 6.45) is 0. The Morgan fingerprint density at radius 3 is 2.48 bits per heavy atom. The minimum Gasteiger partial charge on any atom is -0.295 e. The Morgan fingerprint density at radius 1 is 0.931 bits per heavy atom. The average Bonchev–Trinajstić information content (AvgIpc) is 3.11. The molecule has 1 fully saturated rings. The lowest BCUT2D eigenvalue weighted by Gasteiger charge is -2.34.